The van der Waals surface area contributed by atoms with Gasteiger partial charge in [-0.1, -0.05) is 6.07 Å². The number of nitrogens with one attached hydrogen (secondary N) is 2. The number of anilines is 1. The number of hydrogen-bond donors (Lipinski definition) is 2. The minimum Gasteiger partial charge on any atom is -0.444 e. The molecule has 4 aromatic heterocycles. The van der Waals surface area contributed by atoms with Crippen LogP contribution in [0.1, 0.15) is 71.1 Å². The van der Waals surface area contributed by atoms with Gasteiger partial charge in [-0.25, -0.2) is 24.0 Å². The van der Waals surface area contributed by atoms with Crippen LogP contribution < -0.4 is 10.6 Å². The van der Waals surface area contributed by atoms with Gasteiger partial charge in [-0.2, -0.15) is 18.3 Å². The number of alkyl halides is 3. The van der Waals surface area contributed by atoms with Crippen molar-refractivity contribution in [1.82, 2.24) is 34.7 Å². The van der Waals surface area contributed by atoms with Crippen LogP contribution in [0.3, 0.4) is 0 Å². The van der Waals surface area contributed by atoms with E-state index in [0.29, 0.717) is 42.4 Å². The Morgan fingerprint density at radius 1 is 1.05 bits per heavy atom. The molecule has 1 unspecified atom stereocenters. The summed E-state index contributed by atoms with van der Waals surface area (Å²) in [5, 5.41) is 15.8. The number of ether oxygens (including phenoxy) is 2. The number of rotatable bonds is 5. The number of aromatic nitrogens is 6. The molecule has 2 fully saturated rings. The van der Waals surface area contributed by atoms with Crippen molar-refractivity contribution in [2.24, 2.45) is 0 Å². The van der Waals surface area contributed by atoms with E-state index in [1.165, 1.54) is 0 Å². The summed E-state index contributed by atoms with van der Waals surface area (Å²) in [5.74, 6) is 0.00831. The van der Waals surface area contributed by atoms with Gasteiger partial charge < -0.3 is 20.1 Å². The number of amides is 1. The Balaban J connectivity index is 1.41. The third kappa shape index (κ3) is 5.59. The monoisotopic (exact) mass is 586 g/mol. The lowest BCUT2D eigenvalue weighted by Crippen LogP contribution is -2.45. The van der Waals surface area contributed by atoms with Gasteiger partial charge in [-0.15, -0.1) is 5.10 Å². The van der Waals surface area contributed by atoms with Crippen LogP contribution in [0.2, 0.25) is 0 Å². The third-order valence-corrected chi connectivity index (χ3v) is 7.46. The molecule has 4 aromatic rings. The highest BCUT2D eigenvalue weighted by molar-refractivity contribution is 6.03. The standard InChI is InChI=1S/C28H33F3N8O3/c1-27(2,3)42-26(40)34-18-10-8-9-17(18)33-25-32-15-16(28(29,30)31)22(35-25)23-21-19-11-4-6-13-38(19)37-24(21)39(36-23)20-12-5-7-14-41-20/h4,6,11,13,15,17-18,20H,5,7-10,12,14H2,1-3H3,(H,34,40)(H,32,33,35)/t17-,18-,20?/m1/s1. The van der Waals surface area contributed by atoms with Crippen molar-refractivity contribution < 1.29 is 27.4 Å². The van der Waals surface area contributed by atoms with Gasteiger partial charge in [-0.3, -0.25) is 0 Å². The fourth-order valence-electron chi connectivity index (χ4n) is 5.63. The summed E-state index contributed by atoms with van der Waals surface area (Å²) in [4.78, 5) is 20.8. The van der Waals surface area contributed by atoms with E-state index in [0.717, 1.165) is 25.5 Å². The number of fused-ring (bicyclic) bond motifs is 3. The Morgan fingerprint density at radius 2 is 1.86 bits per heavy atom. The molecule has 0 spiro atoms. The number of hydrogen-bond acceptors (Lipinski definition) is 8. The Labute approximate surface area is 239 Å². The van der Waals surface area contributed by atoms with Gasteiger partial charge in [0.1, 0.15) is 22.6 Å². The van der Waals surface area contributed by atoms with Crippen LogP contribution in [0.5, 0.6) is 0 Å². The zero-order chi connectivity index (χ0) is 29.6. The predicted octanol–water partition coefficient (Wildman–Crippen LogP) is 5.72. The predicted molar refractivity (Wildman–Crippen MR) is 148 cm³/mol. The molecule has 42 heavy (non-hydrogen) atoms. The molecule has 6 rings (SSSR count). The highest BCUT2D eigenvalue weighted by Gasteiger charge is 2.39. The molecule has 11 nitrogen and oxygen atoms in total. The second-order valence-corrected chi connectivity index (χ2v) is 11.7. The minimum absolute atomic E-state index is 0.00831. The molecule has 5 heterocycles. The van der Waals surface area contributed by atoms with E-state index in [4.69, 9.17) is 9.47 Å². The summed E-state index contributed by atoms with van der Waals surface area (Å²) in [5.41, 5.74) is -0.952. The number of halogens is 3. The number of carbonyl (C=O) groups excluding carboxylic acids is 1. The SMILES string of the molecule is CC(C)(C)OC(=O)N[C@@H]1CCC[C@H]1Nc1ncc(C(F)(F)F)c(-c2nn(C3CCCCO3)c3nn4ccccc4c23)n1. The van der Waals surface area contributed by atoms with E-state index >= 15 is 0 Å². The number of nitrogens with zero attached hydrogens (tertiary/aromatic N) is 6. The van der Waals surface area contributed by atoms with Gasteiger partial charge in [-0.05, 0) is 71.4 Å². The fraction of sp³-hybridized carbons (Fsp3) is 0.536. The normalized spacial score (nSPS) is 21.6. The van der Waals surface area contributed by atoms with Crippen LogP contribution in [0.15, 0.2) is 30.6 Å². The van der Waals surface area contributed by atoms with Crippen LogP contribution in [-0.4, -0.2) is 59.7 Å². The maximum Gasteiger partial charge on any atom is 0.420 e. The van der Waals surface area contributed by atoms with E-state index in [-0.39, 0.29) is 29.4 Å². The van der Waals surface area contributed by atoms with E-state index in [9.17, 15) is 18.0 Å². The average Bonchev–Trinajstić information content (AvgIpc) is 3.62. The lowest BCUT2D eigenvalue weighted by atomic mass is 10.1. The van der Waals surface area contributed by atoms with Crippen molar-refractivity contribution in [2.75, 3.05) is 11.9 Å². The van der Waals surface area contributed by atoms with Crippen molar-refractivity contribution >= 4 is 28.6 Å². The number of pyridine rings is 1. The van der Waals surface area contributed by atoms with Crippen molar-refractivity contribution in [3.63, 3.8) is 0 Å². The highest BCUT2D eigenvalue weighted by atomic mass is 19.4. The molecule has 1 saturated heterocycles. The Morgan fingerprint density at radius 3 is 2.60 bits per heavy atom. The molecule has 3 atom stereocenters. The van der Waals surface area contributed by atoms with Crippen LogP contribution in [-0.2, 0) is 15.7 Å². The molecule has 0 radical (unpaired) electrons. The minimum atomic E-state index is -4.73. The van der Waals surface area contributed by atoms with Gasteiger partial charge in [0.15, 0.2) is 11.9 Å². The van der Waals surface area contributed by atoms with E-state index in [1.54, 1.807) is 54.4 Å². The van der Waals surface area contributed by atoms with Crippen LogP contribution in [0.25, 0.3) is 27.9 Å². The van der Waals surface area contributed by atoms with Crippen molar-refractivity contribution in [1.29, 1.82) is 0 Å². The van der Waals surface area contributed by atoms with E-state index in [2.05, 4.69) is 30.8 Å². The molecule has 0 bridgehead atoms. The second-order valence-electron chi connectivity index (χ2n) is 11.7. The second kappa shape index (κ2) is 10.7. The molecule has 1 aliphatic heterocycles. The summed E-state index contributed by atoms with van der Waals surface area (Å²) < 4.78 is 57.6. The zero-order valence-electron chi connectivity index (χ0n) is 23.6. The molecule has 2 aliphatic rings. The Kier molecular flexibility index (Phi) is 7.19. The number of carbonyl (C=O) groups is 1. The van der Waals surface area contributed by atoms with Crippen LogP contribution in [0, 0.1) is 0 Å². The molecule has 1 amide bonds. The van der Waals surface area contributed by atoms with Crippen molar-refractivity contribution in [3.05, 3.63) is 36.2 Å². The smallest absolute Gasteiger partial charge is 0.420 e. The topological polar surface area (TPSA) is 120 Å². The summed E-state index contributed by atoms with van der Waals surface area (Å²) in [6.45, 7) is 5.86. The lowest BCUT2D eigenvalue weighted by molar-refractivity contribution is -0.137. The molecule has 224 valence electrons. The largest absolute Gasteiger partial charge is 0.444 e. The molecular weight excluding hydrogens is 553 g/mol. The summed E-state index contributed by atoms with van der Waals surface area (Å²) in [6.07, 6.45) is 1.42. The quantitative estimate of drug-likeness (QED) is 0.305. The summed E-state index contributed by atoms with van der Waals surface area (Å²) >= 11 is 0. The summed E-state index contributed by atoms with van der Waals surface area (Å²) in [6, 6.07) is 4.77. The van der Waals surface area contributed by atoms with Crippen LogP contribution in [0.4, 0.5) is 23.9 Å². The van der Waals surface area contributed by atoms with Gasteiger partial charge in [0.05, 0.1) is 16.9 Å². The first-order chi connectivity index (χ1) is 20.0. The molecule has 1 aliphatic carbocycles. The Bertz CT molecular complexity index is 1600. The van der Waals surface area contributed by atoms with Gasteiger partial charge in [0, 0.05) is 25.0 Å². The van der Waals surface area contributed by atoms with Gasteiger partial charge >= 0.3 is 12.3 Å². The third-order valence-electron chi connectivity index (χ3n) is 7.46. The maximum atomic E-state index is 14.4. The molecule has 0 aromatic carbocycles. The average molecular weight is 587 g/mol. The number of alkyl carbamates (subject to hydrolysis) is 1. The highest BCUT2D eigenvalue weighted by Crippen LogP contribution is 2.40. The van der Waals surface area contributed by atoms with Gasteiger partial charge in [0.25, 0.3) is 0 Å². The van der Waals surface area contributed by atoms with Gasteiger partial charge in [0.2, 0.25) is 5.95 Å². The van der Waals surface area contributed by atoms with E-state index < -0.39 is 29.7 Å². The van der Waals surface area contributed by atoms with Crippen molar-refractivity contribution in [2.45, 2.75) is 89.4 Å². The van der Waals surface area contributed by atoms with Crippen molar-refractivity contribution in [3.8, 4) is 11.4 Å². The first kappa shape index (κ1) is 28.2. The summed E-state index contributed by atoms with van der Waals surface area (Å²) in [7, 11) is 0. The maximum absolute atomic E-state index is 14.4. The molecular formula is C28H33F3N8O3. The Hall–Kier alpha value is -3.94. The molecule has 1 saturated carbocycles. The fourth-order valence-corrected chi connectivity index (χ4v) is 5.63. The first-order valence-electron chi connectivity index (χ1n) is 14.2. The lowest BCUT2D eigenvalue weighted by Gasteiger charge is -2.25. The molecule has 14 heteroatoms. The zero-order valence-corrected chi connectivity index (χ0v) is 23.6. The first-order valence-corrected chi connectivity index (χ1v) is 14.2. The van der Waals surface area contributed by atoms with Crippen LogP contribution >= 0.6 is 0 Å². The van der Waals surface area contributed by atoms with E-state index in [1.807, 2.05) is 0 Å². The molecule has 2 N–H and O–H groups in total.